The van der Waals surface area contributed by atoms with Gasteiger partial charge in [0.1, 0.15) is 49.4 Å². The summed E-state index contributed by atoms with van der Waals surface area (Å²) in [5.41, 5.74) is 3.35. The number of rotatable bonds is 31. The number of carboxylic acid groups (broad SMARTS) is 1. The van der Waals surface area contributed by atoms with Gasteiger partial charge in [-0.25, -0.2) is 14.4 Å². The smallest absolute Gasteiger partial charge is 0.410 e. The van der Waals surface area contributed by atoms with Gasteiger partial charge >= 0.3 is 18.2 Å². The van der Waals surface area contributed by atoms with E-state index in [2.05, 4.69) is 21.3 Å². The van der Waals surface area contributed by atoms with E-state index < -0.39 is 139 Å². The van der Waals surface area contributed by atoms with Crippen molar-refractivity contribution >= 4 is 53.4 Å². The highest BCUT2D eigenvalue weighted by atomic mass is 16.7. The van der Waals surface area contributed by atoms with Crippen molar-refractivity contribution in [2.45, 2.75) is 212 Å². The van der Waals surface area contributed by atoms with Crippen LogP contribution in [0.1, 0.15) is 143 Å². The number of carbonyl (C=O) groups excluding carboxylic acids is 7. The third-order valence-corrected chi connectivity index (χ3v) is 18.7. The monoisotopic (exact) mass is 1310 g/mol. The Balaban J connectivity index is 1.10. The van der Waals surface area contributed by atoms with Crippen LogP contribution in [0.25, 0.3) is 0 Å². The molecule has 93 heavy (non-hydrogen) atoms. The number of hydrogen-bond donors (Lipinski definition) is 9. The maximum Gasteiger partial charge on any atom is 0.410 e. The second kappa shape index (κ2) is 35.0. The van der Waals surface area contributed by atoms with Gasteiger partial charge in [0.15, 0.2) is 6.10 Å². The van der Waals surface area contributed by atoms with Crippen LogP contribution in [0.2, 0.25) is 0 Å². The number of benzene rings is 2. The number of carbonyl (C=O) groups is 8. The van der Waals surface area contributed by atoms with E-state index in [-0.39, 0.29) is 60.7 Å². The molecule has 3 fully saturated rings. The minimum absolute atomic E-state index is 0.0891. The first-order chi connectivity index (χ1) is 44.1. The van der Waals surface area contributed by atoms with E-state index >= 15 is 0 Å². The van der Waals surface area contributed by atoms with Gasteiger partial charge < -0.3 is 85.0 Å². The average Bonchev–Trinajstić information content (AvgIpc) is 1.72. The second-order valence-electron chi connectivity index (χ2n) is 25.9. The molecule has 2 aromatic rings. The summed E-state index contributed by atoms with van der Waals surface area (Å²) < 4.78 is 34.4. The molecule has 2 aliphatic carbocycles. The lowest BCUT2D eigenvalue weighted by Crippen LogP contribution is -2.61. The molecule has 0 spiro atoms. The normalized spacial score (nSPS) is 23.4. The van der Waals surface area contributed by atoms with Crippen LogP contribution in [-0.2, 0) is 59.1 Å². The first-order valence-corrected chi connectivity index (χ1v) is 32.6. The number of ether oxygens (including phenoxy) is 6. The summed E-state index contributed by atoms with van der Waals surface area (Å²) in [6, 6.07) is 9.07. The highest BCUT2D eigenvalue weighted by Crippen LogP contribution is 2.47. The lowest BCUT2D eigenvalue weighted by Gasteiger charge is -2.41. The number of carboxylic acids is 1. The van der Waals surface area contributed by atoms with Gasteiger partial charge in [0, 0.05) is 53.7 Å². The molecule has 7 amide bonds. The number of hydrogen-bond acceptors (Lipinski definition) is 18. The Bertz CT molecular complexity index is 2900. The van der Waals surface area contributed by atoms with Crippen LogP contribution in [0.4, 0.5) is 15.3 Å². The molecule has 1 saturated carbocycles. The summed E-state index contributed by atoms with van der Waals surface area (Å²) in [6.07, 6.45) is -5.79. The lowest BCUT2D eigenvalue weighted by atomic mass is 9.89. The standard InChI is InChI=1S/C67H101N7O19/c1-13-38(6)54(49(88-11)33-51(76)74-31-21-26-47(74)59(89-12)39(7)61(81)69-40(8)55(77)42-22-17-16-18-23-42)72(9)63(83)52(36(2)3)71-62(82)53(37(4)5)73(10)67(87)91-34-41-27-28-48(92-65-58(80)56(78)57(79)60(93-65)64(84)85)46(32-41)70-50(75)29-30-68-66(86)90-35-45-43-24-19-14-15-20-25-44(43)45/h16-18,22-23,27-28,32,36-40,43,47,49,52-60,65,77-80H,13-15,19-21,24-26,29-31,33-35H2,1-12H3,(H,68,86)(H,69,81)(H,70,75)(H,71,82)(H,84,85)/t38-,39+,40+,43?,47-,49+,52-,53-,54-,55+,56-,57-,58?,59+,60?,65+/m0/s1. The second-order valence-corrected chi connectivity index (χ2v) is 25.9. The molecule has 2 aliphatic heterocycles. The van der Waals surface area contributed by atoms with E-state index in [1.54, 1.807) is 65.6 Å². The lowest BCUT2D eigenvalue weighted by molar-refractivity contribution is -0.271. The Morgan fingerprint density at radius 1 is 0.774 bits per heavy atom. The van der Waals surface area contributed by atoms with Gasteiger partial charge in [-0.2, -0.15) is 0 Å². The fourth-order valence-electron chi connectivity index (χ4n) is 13.0. The van der Waals surface area contributed by atoms with Crippen molar-refractivity contribution in [2.24, 2.45) is 29.6 Å². The van der Waals surface area contributed by atoms with Gasteiger partial charge in [-0.15, -0.1) is 0 Å². The van der Waals surface area contributed by atoms with Gasteiger partial charge in [0.05, 0.1) is 54.5 Å². The molecule has 2 aromatic carbocycles. The highest BCUT2D eigenvalue weighted by molar-refractivity contribution is 5.93. The number of aliphatic hydroxyl groups excluding tert-OH is 4. The molecule has 4 aliphatic rings. The number of aliphatic hydroxyl groups is 4. The van der Waals surface area contributed by atoms with Crippen molar-refractivity contribution < 1.29 is 92.3 Å². The fourth-order valence-corrected chi connectivity index (χ4v) is 13.0. The molecule has 0 radical (unpaired) electrons. The molecule has 518 valence electrons. The van der Waals surface area contributed by atoms with Gasteiger partial charge in [-0.1, -0.05) is 116 Å². The number of likely N-dealkylation sites (tertiary alicyclic amines) is 1. The predicted molar refractivity (Wildman–Crippen MR) is 341 cm³/mol. The van der Waals surface area contributed by atoms with Crippen molar-refractivity contribution in [1.29, 1.82) is 0 Å². The van der Waals surface area contributed by atoms with E-state index in [1.165, 1.54) is 62.8 Å². The minimum atomic E-state index is -2.01. The SMILES string of the molecule is CC[C@H](C)[C@@H]([C@@H](CC(=O)N1CCC[C@H]1[C@H](OC)[C@@H](C)C(=O)N[C@H](C)[C@@H](O)c1ccccc1)OC)N(C)C(=O)[C@@H](NC(=O)[C@H](C(C)C)N(C)C(=O)OCc1ccc(O[C@@H]2OC(C(=O)O)[C@@H](O)[C@H](O)C2O)c(NC(=O)CCNC(=O)OCC2=C3CCCCCCC32)c1)C(C)C. The fraction of sp³-hybridized carbons (Fsp3) is 0.672. The Hall–Kier alpha value is -6.94. The van der Waals surface area contributed by atoms with Gasteiger partial charge in [0.25, 0.3) is 0 Å². The number of amides is 7. The number of nitrogens with one attached hydrogen (secondary N) is 4. The number of aliphatic carboxylic acids is 1. The Labute approximate surface area is 545 Å². The first kappa shape index (κ1) is 75.1. The average molecular weight is 1310 g/mol. The number of methoxy groups -OCH3 is 2. The third-order valence-electron chi connectivity index (χ3n) is 18.7. The number of anilines is 1. The molecule has 16 atom stereocenters. The van der Waals surface area contributed by atoms with Crippen LogP contribution in [-0.4, -0.2) is 209 Å². The van der Waals surface area contributed by atoms with Crippen LogP contribution < -0.4 is 26.0 Å². The van der Waals surface area contributed by atoms with Crippen molar-refractivity contribution in [2.75, 3.05) is 53.3 Å². The summed E-state index contributed by atoms with van der Waals surface area (Å²) in [4.78, 5) is 114. The molecule has 3 unspecified atom stereocenters. The van der Waals surface area contributed by atoms with Crippen molar-refractivity contribution in [1.82, 2.24) is 30.7 Å². The van der Waals surface area contributed by atoms with Crippen LogP contribution >= 0.6 is 0 Å². The zero-order chi connectivity index (χ0) is 68.5. The summed E-state index contributed by atoms with van der Waals surface area (Å²) in [5, 5.41) is 63.2. The molecule has 2 saturated heterocycles. The summed E-state index contributed by atoms with van der Waals surface area (Å²) >= 11 is 0. The zero-order valence-corrected chi connectivity index (χ0v) is 55.9. The molecule has 26 nitrogen and oxygen atoms in total. The van der Waals surface area contributed by atoms with Crippen LogP contribution in [0.5, 0.6) is 5.75 Å². The number of fused-ring (bicyclic) bond motifs is 1. The molecule has 0 bridgehead atoms. The van der Waals surface area contributed by atoms with Crippen LogP contribution in [0.15, 0.2) is 59.7 Å². The summed E-state index contributed by atoms with van der Waals surface area (Å²) in [6.45, 7) is 14.4. The number of alkyl carbamates (subject to hydrolysis) is 1. The Morgan fingerprint density at radius 2 is 1.47 bits per heavy atom. The maximum atomic E-state index is 14.9. The van der Waals surface area contributed by atoms with Gasteiger partial charge in [-0.05, 0) is 85.6 Å². The van der Waals surface area contributed by atoms with E-state index in [0.717, 1.165) is 36.2 Å². The molecule has 9 N–H and O–H groups in total. The Morgan fingerprint density at radius 3 is 2.12 bits per heavy atom. The molecule has 6 rings (SSSR count). The van der Waals surface area contributed by atoms with Crippen molar-refractivity contribution in [3.05, 3.63) is 70.8 Å². The summed E-state index contributed by atoms with van der Waals surface area (Å²) in [7, 11) is 5.96. The Kier molecular flexibility index (Phi) is 28.3. The van der Waals surface area contributed by atoms with E-state index in [9.17, 15) is 63.9 Å². The minimum Gasteiger partial charge on any atom is -0.479 e. The molecule has 0 aromatic heterocycles. The van der Waals surface area contributed by atoms with Crippen LogP contribution in [0.3, 0.4) is 0 Å². The quantitative estimate of drug-likeness (QED) is 0.0439. The summed E-state index contributed by atoms with van der Waals surface area (Å²) in [5.74, 6) is -5.71. The van der Waals surface area contributed by atoms with Gasteiger partial charge in [-0.3, -0.25) is 28.9 Å². The first-order valence-electron chi connectivity index (χ1n) is 32.6. The zero-order valence-electron chi connectivity index (χ0n) is 55.9. The van der Waals surface area contributed by atoms with E-state index in [4.69, 9.17) is 28.4 Å². The van der Waals surface area contributed by atoms with Crippen molar-refractivity contribution in [3.63, 3.8) is 0 Å². The predicted octanol–water partition coefficient (Wildman–Crippen LogP) is 5.19. The number of nitrogens with zero attached hydrogens (tertiary/aromatic N) is 3. The van der Waals surface area contributed by atoms with E-state index in [1.807, 2.05) is 32.0 Å². The van der Waals surface area contributed by atoms with E-state index in [0.29, 0.717) is 37.3 Å². The number of likely N-dealkylation sites (N-methyl/N-ethyl adjacent to an activating group) is 2. The molecule has 26 heteroatoms. The largest absolute Gasteiger partial charge is 0.479 e. The third kappa shape index (κ3) is 19.6. The van der Waals surface area contributed by atoms with Gasteiger partial charge in [0.2, 0.25) is 35.8 Å². The maximum absolute atomic E-state index is 14.9. The van der Waals surface area contributed by atoms with Crippen LogP contribution in [0, 0.1) is 29.6 Å². The molecule has 2 heterocycles. The number of allylic oxidation sites excluding steroid dienone is 1. The highest BCUT2D eigenvalue weighted by Gasteiger charge is 2.49. The molecular weight excluding hydrogens is 1210 g/mol. The molecular formula is C67H101N7O19. The van der Waals surface area contributed by atoms with Crippen molar-refractivity contribution in [3.8, 4) is 5.75 Å². The topological polar surface area (TPSA) is 351 Å².